The lowest BCUT2D eigenvalue weighted by Gasteiger charge is -2.07. The van der Waals surface area contributed by atoms with Crippen LogP contribution < -0.4 is 5.32 Å². The summed E-state index contributed by atoms with van der Waals surface area (Å²) in [6, 6.07) is 8.84. The molecule has 0 aliphatic rings. The molecule has 0 fully saturated rings. The number of aromatic nitrogens is 3. The molecule has 0 atom stereocenters. The van der Waals surface area contributed by atoms with Gasteiger partial charge in [-0.25, -0.2) is 9.50 Å². The molecule has 3 aromatic rings. The molecule has 0 saturated carbocycles. The van der Waals surface area contributed by atoms with Crippen molar-refractivity contribution in [1.29, 1.82) is 0 Å². The Hall–Kier alpha value is -2.40. The van der Waals surface area contributed by atoms with Crippen LogP contribution in [0.1, 0.15) is 21.7 Å². The zero-order valence-corrected chi connectivity index (χ0v) is 12.3. The minimum absolute atomic E-state index is 0.276. The second-order valence-electron chi connectivity index (χ2n) is 4.80. The van der Waals surface area contributed by atoms with E-state index in [1.165, 1.54) is 0 Å². The molecule has 2 heterocycles. The average molecular weight is 301 g/mol. The van der Waals surface area contributed by atoms with Crippen molar-refractivity contribution < 1.29 is 4.79 Å². The summed E-state index contributed by atoms with van der Waals surface area (Å²) >= 11 is 6.05. The van der Waals surface area contributed by atoms with Gasteiger partial charge in [-0.3, -0.25) is 4.79 Å². The second kappa shape index (κ2) is 5.18. The number of amides is 1. The lowest BCUT2D eigenvalue weighted by molar-refractivity contribution is 0.102. The quantitative estimate of drug-likeness (QED) is 0.790. The molecule has 0 bridgehead atoms. The third-order valence-corrected chi connectivity index (χ3v) is 3.61. The van der Waals surface area contributed by atoms with Crippen molar-refractivity contribution in [1.82, 2.24) is 14.6 Å². The first kappa shape index (κ1) is 13.6. The Bertz CT molecular complexity index is 841. The first-order valence-corrected chi connectivity index (χ1v) is 6.81. The van der Waals surface area contributed by atoms with Gasteiger partial charge in [0.05, 0.1) is 6.20 Å². The zero-order valence-electron chi connectivity index (χ0n) is 11.6. The van der Waals surface area contributed by atoms with Crippen molar-refractivity contribution in [2.45, 2.75) is 13.8 Å². The summed E-state index contributed by atoms with van der Waals surface area (Å²) in [5.41, 5.74) is 3.43. The van der Waals surface area contributed by atoms with Gasteiger partial charge in [-0.2, -0.15) is 5.10 Å². The Morgan fingerprint density at radius 3 is 2.81 bits per heavy atom. The molecule has 6 heteroatoms. The summed E-state index contributed by atoms with van der Waals surface area (Å²) in [7, 11) is 0. The molecule has 3 rings (SSSR count). The highest BCUT2D eigenvalue weighted by molar-refractivity contribution is 6.31. The van der Waals surface area contributed by atoms with E-state index in [1.807, 2.05) is 26.0 Å². The van der Waals surface area contributed by atoms with Gasteiger partial charge in [0.25, 0.3) is 5.91 Å². The van der Waals surface area contributed by atoms with E-state index in [4.69, 9.17) is 11.6 Å². The van der Waals surface area contributed by atoms with Crippen LogP contribution in [-0.2, 0) is 0 Å². The third kappa shape index (κ3) is 2.60. The minimum atomic E-state index is -0.276. The number of hydrogen-bond donors (Lipinski definition) is 1. The number of anilines is 1. The van der Waals surface area contributed by atoms with Crippen LogP contribution in [0.15, 0.2) is 36.5 Å². The van der Waals surface area contributed by atoms with Gasteiger partial charge in [-0.15, -0.1) is 0 Å². The topological polar surface area (TPSA) is 59.3 Å². The van der Waals surface area contributed by atoms with Gasteiger partial charge >= 0.3 is 0 Å². The van der Waals surface area contributed by atoms with Crippen LogP contribution in [0.25, 0.3) is 5.65 Å². The fraction of sp³-hybridized carbons (Fsp3) is 0.133. The van der Waals surface area contributed by atoms with Crippen molar-refractivity contribution in [3.05, 3.63) is 58.5 Å². The van der Waals surface area contributed by atoms with Gasteiger partial charge in [0.15, 0.2) is 5.65 Å². The lowest BCUT2D eigenvalue weighted by atomic mass is 10.2. The molecular formula is C15H13ClN4O. The second-order valence-corrected chi connectivity index (χ2v) is 5.21. The highest BCUT2D eigenvalue weighted by Crippen LogP contribution is 2.20. The molecule has 1 amide bonds. The molecule has 0 radical (unpaired) electrons. The van der Waals surface area contributed by atoms with E-state index < -0.39 is 0 Å². The highest BCUT2D eigenvalue weighted by Gasteiger charge is 2.11. The molecule has 1 aromatic carbocycles. The first-order valence-electron chi connectivity index (χ1n) is 6.43. The first-order chi connectivity index (χ1) is 10.0. The number of hydrogen-bond acceptors (Lipinski definition) is 3. The van der Waals surface area contributed by atoms with Gasteiger partial charge in [0.2, 0.25) is 0 Å². The molecule has 21 heavy (non-hydrogen) atoms. The molecule has 2 aromatic heterocycles. The Balaban J connectivity index is 1.91. The van der Waals surface area contributed by atoms with Crippen molar-refractivity contribution in [3.63, 3.8) is 0 Å². The number of carbonyl (C=O) groups is 1. The number of aryl methyl sites for hydroxylation is 2. The third-order valence-electron chi connectivity index (χ3n) is 3.20. The summed E-state index contributed by atoms with van der Waals surface area (Å²) < 4.78 is 1.68. The molecule has 5 nitrogen and oxygen atoms in total. The number of nitrogens with one attached hydrogen (secondary N) is 1. The Morgan fingerprint density at radius 1 is 1.24 bits per heavy atom. The largest absolute Gasteiger partial charge is 0.321 e. The Morgan fingerprint density at radius 2 is 2.05 bits per heavy atom. The summed E-state index contributed by atoms with van der Waals surface area (Å²) in [5.74, 6) is -0.276. The van der Waals surface area contributed by atoms with Crippen LogP contribution in [0.5, 0.6) is 0 Å². The minimum Gasteiger partial charge on any atom is -0.321 e. The number of halogens is 1. The predicted molar refractivity (Wildman–Crippen MR) is 81.9 cm³/mol. The van der Waals surface area contributed by atoms with E-state index in [0.29, 0.717) is 22.1 Å². The Labute approximate surface area is 126 Å². The van der Waals surface area contributed by atoms with E-state index in [1.54, 1.807) is 28.9 Å². The molecule has 0 spiro atoms. The zero-order chi connectivity index (χ0) is 15.0. The fourth-order valence-corrected chi connectivity index (χ4v) is 2.23. The van der Waals surface area contributed by atoms with Crippen LogP contribution in [0, 0.1) is 13.8 Å². The molecule has 1 N–H and O–H groups in total. The normalized spacial score (nSPS) is 10.8. The molecule has 0 saturated heterocycles. The molecule has 0 aliphatic heterocycles. The van der Waals surface area contributed by atoms with E-state index in [9.17, 15) is 4.79 Å². The van der Waals surface area contributed by atoms with Crippen LogP contribution in [0.3, 0.4) is 0 Å². The number of rotatable bonds is 2. The monoisotopic (exact) mass is 300 g/mol. The smallest absolute Gasteiger partial charge is 0.274 e. The maximum absolute atomic E-state index is 12.3. The molecule has 0 aliphatic carbocycles. The summed E-state index contributed by atoms with van der Waals surface area (Å²) in [6.45, 7) is 3.79. The van der Waals surface area contributed by atoms with Gasteiger partial charge in [0, 0.05) is 22.5 Å². The number of nitrogens with zero attached hydrogens (tertiary/aromatic N) is 3. The predicted octanol–water partition coefficient (Wildman–Crippen LogP) is 3.25. The van der Waals surface area contributed by atoms with Gasteiger partial charge in [-0.1, -0.05) is 17.7 Å². The Kier molecular flexibility index (Phi) is 3.35. The van der Waals surface area contributed by atoms with E-state index in [2.05, 4.69) is 15.4 Å². The van der Waals surface area contributed by atoms with Gasteiger partial charge in [-0.05, 0) is 37.6 Å². The van der Waals surface area contributed by atoms with Crippen molar-refractivity contribution in [2.24, 2.45) is 0 Å². The standard InChI is InChI=1S/C15H13ClN4O/c1-9-3-4-11(8-12(9)16)18-15(21)13-7-10(2)20-14(19-13)5-6-17-20/h3-8H,1-2H3,(H,18,21). The SMILES string of the molecule is Cc1ccc(NC(=O)c2cc(C)n3nccc3n2)cc1Cl. The molecule has 0 unspecified atom stereocenters. The summed E-state index contributed by atoms with van der Waals surface area (Å²) in [6.07, 6.45) is 1.65. The van der Waals surface area contributed by atoms with Crippen molar-refractivity contribution >= 4 is 28.8 Å². The lowest BCUT2D eigenvalue weighted by Crippen LogP contribution is -2.15. The number of fused-ring (bicyclic) bond motifs is 1. The van der Waals surface area contributed by atoms with Gasteiger partial charge in [0.1, 0.15) is 5.69 Å². The van der Waals surface area contributed by atoms with E-state index >= 15 is 0 Å². The maximum Gasteiger partial charge on any atom is 0.274 e. The number of carbonyl (C=O) groups excluding carboxylic acids is 1. The average Bonchev–Trinajstić information content (AvgIpc) is 2.92. The number of benzene rings is 1. The van der Waals surface area contributed by atoms with Crippen molar-refractivity contribution in [3.8, 4) is 0 Å². The molecular weight excluding hydrogens is 288 g/mol. The van der Waals surface area contributed by atoms with Crippen molar-refractivity contribution in [2.75, 3.05) is 5.32 Å². The van der Waals surface area contributed by atoms with E-state index in [-0.39, 0.29) is 5.91 Å². The molecule has 106 valence electrons. The highest BCUT2D eigenvalue weighted by atomic mass is 35.5. The summed E-state index contributed by atoms with van der Waals surface area (Å²) in [4.78, 5) is 16.6. The fourth-order valence-electron chi connectivity index (χ4n) is 2.05. The van der Waals surface area contributed by atoms with Crippen LogP contribution >= 0.6 is 11.6 Å². The summed E-state index contributed by atoms with van der Waals surface area (Å²) in [5, 5.41) is 7.54. The van der Waals surface area contributed by atoms with Crippen LogP contribution in [0.4, 0.5) is 5.69 Å². The van der Waals surface area contributed by atoms with E-state index in [0.717, 1.165) is 11.3 Å². The van der Waals surface area contributed by atoms with Crippen LogP contribution in [0.2, 0.25) is 5.02 Å². The van der Waals surface area contributed by atoms with Crippen LogP contribution in [-0.4, -0.2) is 20.5 Å². The van der Waals surface area contributed by atoms with Gasteiger partial charge < -0.3 is 5.32 Å². The maximum atomic E-state index is 12.3.